The van der Waals surface area contributed by atoms with Gasteiger partial charge in [-0.25, -0.2) is 4.98 Å². The van der Waals surface area contributed by atoms with E-state index >= 15 is 0 Å². The molecule has 0 N–H and O–H groups in total. The van der Waals surface area contributed by atoms with E-state index in [1.54, 1.807) is 0 Å². The summed E-state index contributed by atoms with van der Waals surface area (Å²) >= 11 is 0. The highest BCUT2D eigenvalue weighted by Gasteiger charge is 2.32. The van der Waals surface area contributed by atoms with Crippen LogP contribution >= 0.6 is 0 Å². The van der Waals surface area contributed by atoms with Crippen molar-refractivity contribution in [1.82, 2.24) is 9.55 Å². The second-order valence-corrected chi connectivity index (χ2v) is 14.7. The normalized spacial score (nSPS) is 11.8. The van der Waals surface area contributed by atoms with Crippen LogP contribution in [0.3, 0.4) is 0 Å². The fourth-order valence-electron chi connectivity index (χ4n) is 8.72. The molecule has 11 rings (SSSR count). The van der Waals surface area contributed by atoms with Crippen molar-refractivity contribution in [3.05, 3.63) is 224 Å². The number of fused-ring (bicyclic) bond motifs is 7. The van der Waals surface area contributed by atoms with Gasteiger partial charge in [0.25, 0.3) is 0 Å². The molecule has 8 aromatic carbocycles. The minimum atomic E-state index is 0.954. The topological polar surface area (TPSA) is 21.1 Å². The highest BCUT2D eigenvalue weighted by atomic mass is 15.2. The van der Waals surface area contributed by atoms with Crippen molar-refractivity contribution < 1.29 is 0 Å². The summed E-state index contributed by atoms with van der Waals surface area (Å²) in [6.07, 6.45) is 0. The number of benzene rings is 8. The summed E-state index contributed by atoms with van der Waals surface area (Å²) in [6.45, 7) is 0. The van der Waals surface area contributed by atoms with Crippen LogP contribution in [0.25, 0.3) is 83.7 Å². The van der Waals surface area contributed by atoms with Crippen molar-refractivity contribution in [2.45, 2.75) is 0 Å². The lowest BCUT2D eigenvalue weighted by molar-refractivity contribution is 1.13. The summed E-state index contributed by atoms with van der Waals surface area (Å²) in [5.74, 6) is 0. The van der Waals surface area contributed by atoms with Gasteiger partial charge < -0.3 is 9.47 Å². The highest BCUT2D eigenvalue weighted by Crippen LogP contribution is 2.55. The Kier molecular flexibility index (Phi) is 8.15. The molecule has 0 aliphatic carbocycles. The maximum atomic E-state index is 5.13. The molecule has 3 heterocycles. The van der Waals surface area contributed by atoms with Crippen LogP contribution in [0.2, 0.25) is 0 Å². The summed E-state index contributed by atoms with van der Waals surface area (Å²) in [4.78, 5) is 7.57. The van der Waals surface area contributed by atoms with Crippen LogP contribution in [0.1, 0.15) is 0 Å². The molecule has 0 saturated heterocycles. The van der Waals surface area contributed by atoms with E-state index in [4.69, 9.17) is 4.98 Å². The van der Waals surface area contributed by atoms with Crippen LogP contribution in [-0.2, 0) is 0 Å². The third-order valence-electron chi connectivity index (χ3n) is 11.3. The van der Waals surface area contributed by atoms with Crippen LogP contribution in [0, 0.1) is 0 Å². The largest absolute Gasteiger partial charge is 0.309 e. The van der Waals surface area contributed by atoms with E-state index in [9.17, 15) is 0 Å². The van der Waals surface area contributed by atoms with Crippen LogP contribution in [0.15, 0.2) is 224 Å². The Balaban J connectivity index is 1.12. The average molecular weight is 740 g/mol. The predicted octanol–water partition coefficient (Wildman–Crippen LogP) is 14.8. The van der Waals surface area contributed by atoms with E-state index < -0.39 is 0 Å². The molecule has 0 bridgehead atoms. The molecule has 1 aliphatic heterocycles. The molecular formula is C55H37N3. The summed E-state index contributed by atoms with van der Waals surface area (Å²) < 4.78 is 2.49. The first-order chi connectivity index (χ1) is 28.8. The highest BCUT2D eigenvalue weighted by molar-refractivity contribution is 6.15. The van der Waals surface area contributed by atoms with E-state index in [0.29, 0.717) is 0 Å². The quantitative estimate of drug-likeness (QED) is 0.169. The SMILES string of the molecule is c1ccc(-c2cc(-c3ccc(N4c5ccccc5-c5c(n(-c6ccccc6)c6c(-c7ccccc7)cccc56)-c5ccccc54)cc3)cc(-c3ccccc3)n2)cc1. The third kappa shape index (κ3) is 5.64. The molecule has 0 fully saturated rings. The van der Waals surface area contributed by atoms with Gasteiger partial charge in [0, 0.05) is 50.1 Å². The summed E-state index contributed by atoms with van der Waals surface area (Å²) in [5, 5.41) is 1.22. The van der Waals surface area contributed by atoms with Crippen molar-refractivity contribution in [2.75, 3.05) is 4.90 Å². The minimum Gasteiger partial charge on any atom is -0.309 e. The van der Waals surface area contributed by atoms with Gasteiger partial charge in [-0.15, -0.1) is 0 Å². The molecule has 0 unspecified atom stereocenters. The second-order valence-electron chi connectivity index (χ2n) is 14.7. The maximum Gasteiger partial charge on any atom is 0.0715 e. The van der Waals surface area contributed by atoms with Crippen LogP contribution in [0.5, 0.6) is 0 Å². The molecule has 1 aliphatic rings. The minimum absolute atomic E-state index is 0.954. The predicted molar refractivity (Wildman–Crippen MR) is 242 cm³/mol. The van der Waals surface area contributed by atoms with Crippen molar-refractivity contribution in [1.29, 1.82) is 0 Å². The lowest BCUT2D eigenvalue weighted by Gasteiger charge is -2.28. The molecule has 2 aromatic heterocycles. The number of anilines is 3. The fraction of sp³-hybridized carbons (Fsp3) is 0. The summed E-state index contributed by atoms with van der Waals surface area (Å²) in [7, 11) is 0. The smallest absolute Gasteiger partial charge is 0.0715 e. The summed E-state index contributed by atoms with van der Waals surface area (Å²) in [5.41, 5.74) is 19.2. The monoisotopic (exact) mass is 739 g/mol. The van der Waals surface area contributed by atoms with Crippen LogP contribution in [0.4, 0.5) is 17.1 Å². The van der Waals surface area contributed by atoms with E-state index in [2.05, 4.69) is 222 Å². The van der Waals surface area contributed by atoms with Gasteiger partial charge in [0.05, 0.1) is 34.0 Å². The zero-order valence-corrected chi connectivity index (χ0v) is 31.7. The Morgan fingerprint density at radius 2 is 0.828 bits per heavy atom. The standard InChI is InChI=1S/C55H37N3/c1-5-18-39(19-6-1)45-28-17-29-48-53-46-26-13-15-30-51(46)57(52-31-16-14-27-47(52)55(53)58(54(45)48)43-24-11-4-12-25-43)44-34-32-38(33-35-44)42-36-49(40-20-7-2-8-21-40)56-50(37-42)41-22-9-3-10-23-41/h1-37H. The lowest BCUT2D eigenvalue weighted by Crippen LogP contribution is -2.11. The first-order valence-corrected chi connectivity index (χ1v) is 19.8. The first kappa shape index (κ1) is 33.6. The van der Waals surface area contributed by atoms with Crippen molar-refractivity contribution in [3.63, 3.8) is 0 Å². The Labute approximate surface area is 338 Å². The molecule has 10 aromatic rings. The molecule has 3 nitrogen and oxygen atoms in total. The zero-order valence-electron chi connectivity index (χ0n) is 31.7. The van der Waals surface area contributed by atoms with Gasteiger partial charge in [0.2, 0.25) is 0 Å². The zero-order chi connectivity index (χ0) is 38.4. The van der Waals surface area contributed by atoms with E-state index in [1.165, 1.54) is 44.4 Å². The molecule has 0 radical (unpaired) electrons. The van der Waals surface area contributed by atoms with Crippen molar-refractivity contribution in [2.24, 2.45) is 0 Å². The fourth-order valence-corrected chi connectivity index (χ4v) is 8.72. The van der Waals surface area contributed by atoms with Crippen molar-refractivity contribution >= 4 is 28.0 Å². The van der Waals surface area contributed by atoms with E-state index in [0.717, 1.165) is 56.4 Å². The molecule has 0 atom stereocenters. The molecule has 0 spiro atoms. The molecule has 272 valence electrons. The van der Waals surface area contributed by atoms with E-state index in [-0.39, 0.29) is 0 Å². The van der Waals surface area contributed by atoms with Crippen LogP contribution in [-0.4, -0.2) is 9.55 Å². The number of nitrogens with zero attached hydrogens (tertiary/aromatic N) is 3. The van der Waals surface area contributed by atoms with Gasteiger partial charge in [0.1, 0.15) is 0 Å². The van der Waals surface area contributed by atoms with E-state index in [1.807, 2.05) is 12.1 Å². The number of pyridine rings is 1. The molecule has 0 saturated carbocycles. The number of rotatable bonds is 6. The maximum absolute atomic E-state index is 5.13. The number of para-hydroxylation sites is 4. The molecule has 0 amide bonds. The Morgan fingerprint density at radius 1 is 0.328 bits per heavy atom. The van der Waals surface area contributed by atoms with Gasteiger partial charge >= 0.3 is 0 Å². The Hall–Kier alpha value is -7.75. The summed E-state index contributed by atoms with van der Waals surface area (Å²) in [6, 6.07) is 80.5. The average Bonchev–Trinajstić information content (AvgIpc) is 3.60. The van der Waals surface area contributed by atoms with Gasteiger partial charge in [-0.2, -0.15) is 0 Å². The van der Waals surface area contributed by atoms with Gasteiger partial charge in [-0.3, -0.25) is 0 Å². The molecule has 3 heteroatoms. The van der Waals surface area contributed by atoms with Crippen LogP contribution < -0.4 is 4.90 Å². The number of aromatic nitrogens is 2. The number of hydrogen-bond donors (Lipinski definition) is 0. The lowest BCUT2D eigenvalue weighted by atomic mass is 9.96. The Morgan fingerprint density at radius 3 is 1.45 bits per heavy atom. The van der Waals surface area contributed by atoms with Gasteiger partial charge in [-0.05, 0) is 65.2 Å². The molecule has 58 heavy (non-hydrogen) atoms. The van der Waals surface area contributed by atoms with Gasteiger partial charge in [0.15, 0.2) is 0 Å². The van der Waals surface area contributed by atoms with Crippen molar-refractivity contribution in [3.8, 4) is 72.8 Å². The number of hydrogen-bond acceptors (Lipinski definition) is 2. The molecular weight excluding hydrogens is 703 g/mol. The second kappa shape index (κ2) is 14.1. The van der Waals surface area contributed by atoms with Gasteiger partial charge in [-0.1, -0.05) is 176 Å². The third-order valence-corrected chi connectivity index (χ3v) is 11.3. The Bertz CT molecular complexity index is 3020. The first-order valence-electron chi connectivity index (χ1n) is 19.8.